The second-order valence-electron chi connectivity index (χ2n) is 4.44. The zero-order valence-electron chi connectivity index (χ0n) is 9.54. The molecule has 0 spiro atoms. The second-order valence-corrected chi connectivity index (χ2v) is 5.36. The van der Waals surface area contributed by atoms with E-state index in [9.17, 15) is 9.18 Å². The monoisotopic (exact) mass is 300 g/mol. The number of benzene rings is 1. The molecule has 2 rings (SSSR count). The van der Waals surface area contributed by atoms with Crippen molar-refractivity contribution in [3.8, 4) is 0 Å². The lowest BCUT2D eigenvalue weighted by atomic mass is 10.1. The Morgan fingerprint density at radius 2 is 2.24 bits per heavy atom. The summed E-state index contributed by atoms with van der Waals surface area (Å²) in [5.74, 6) is -0.506. The van der Waals surface area contributed by atoms with E-state index >= 15 is 0 Å². The van der Waals surface area contributed by atoms with Crippen LogP contribution in [0.2, 0.25) is 0 Å². The normalized spacial score (nSPS) is 16.7. The van der Waals surface area contributed by atoms with Gasteiger partial charge in [-0.05, 0) is 31.0 Å². The third-order valence-corrected chi connectivity index (χ3v) is 3.77. The van der Waals surface area contributed by atoms with Crippen LogP contribution in [0.4, 0.5) is 10.1 Å². The molecule has 1 fully saturated rings. The van der Waals surface area contributed by atoms with E-state index in [1.54, 1.807) is 19.2 Å². The lowest BCUT2D eigenvalue weighted by Gasteiger charge is -2.23. The fourth-order valence-corrected chi connectivity index (χ4v) is 2.21. The van der Waals surface area contributed by atoms with Crippen molar-refractivity contribution in [2.75, 3.05) is 18.5 Å². The fraction of sp³-hybridized carbons (Fsp3) is 0.417. The third-order valence-electron chi connectivity index (χ3n) is 3.27. The first-order valence-corrected chi connectivity index (χ1v) is 6.23. The van der Waals surface area contributed by atoms with Crippen molar-refractivity contribution in [1.82, 2.24) is 0 Å². The molecule has 0 radical (unpaired) electrons. The van der Waals surface area contributed by atoms with Gasteiger partial charge in [-0.15, -0.1) is 0 Å². The van der Waals surface area contributed by atoms with Crippen molar-refractivity contribution in [1.29, 1.82) is 0 Å². The minimum atomic E-state index is -0.455. The summed E-state index contributed by atoms with van der Waals surface area (Å²) < 4.78 is 14.4. The van der Waals surface area contributed by atoms with E-state index in [2.05, 4.69) is 15.9 Å². The van der Waals surface area contributed by atoms with Crippen LogP contribution in [-0.4, -0.2) is 19.5 Å². The Hall–Kier alpha value is -0.940. The van der Waals surface area contributed by atoms with Gasteiger partial charge in [0.25, 0.3) is 0 Å². The SMILES string of the molecule is CN(C(=O)C1(CN)CC1)c1cc(Br)ccc1F. The molecule has 3 nitrogen and oxygen atoms in total. The molecule has 2 N–H and O–H groups in total. The number of nitrogens with two attached hydrogens (primary N) is 1. The minimum absolute atomic E-state index is 0.1000. The quantitative estimate of drug-likeness (QED) is 0.931. The standard InChI is InChI=1S/C12H14BrFN2O/c1-16(11(17)12(7-15)4-5-12)10-6-8(13)2-3-9(10)14/h2-3,6H,4-5,7,15H2,1H3. The van der Waals surface area contributed by atoms with Gasteiger partial charge in [-0.1, -0.05) is 15.9 Å². The van der Waals surface area contributed by atoms with Crippen LogP contribution in [0.5, 0.6) is 0 Å². The van der Waals surface area contributed by atoms with Crippen LogP contribution in [0.15, 0.2) is 22.7 Å². The molecule has 1 amide bonds. The molecule has 1 aliphatic carbocycles. The van der Waals surface area contributed by atoms with Crippen molar-refractivity contribution in [3.05, 3.63) is 28.5 Å². The number of amides is 1. The summed E-state index contributed by atoms with van der Waals surface area (Å²) in [6.07, 6.45) is 1.59. The predicted molar refractivity (Wildman–Crippen MR) is 68.2 cm³/mol. The molecule has 0 heterocycles. The van der Waals surface area contributed by atoms with Gasteiger partial charge >= 0.3 is 0 Å². The Bertz CT molecular complexity index is 460. The lowest BCUT2D eigenvalue weighted by molar-refractivity contribution is -0.123. The topological polar surface area (TPSA) is 46.3 Å². The summed E-state index contributed by atoms with van der Waals surface area (Å²) in [4.78, 5) is 13.5. The van der Waals surface area contributed by atoms with E-state index in [0.717, 1.165) is 17.3 Å². The number of carbonyl (C=O) groups is 1. The molecule has 17 heavy (non-hydrogen) atoms. The molecule has 0 aromatic heterocycles. The van der Waals surface area contributed by atoms with Crippen molar-refractivity contribution in [3.63, 3.8) is 0 Å². The van der Waals surface area contributed by atoms with Gasteiger partial charge in [-0.2, -0.15) is 0 Å². The summed E-state index contributed by atoms with van der Waals surface area (Å²) in [6.45, 7) is 0.325. The molecule has 0 bridgehead atoms. The smallest absolute Gasteiger partial charge is 0.234 e. The van der Waals surface area contributed by atoms with Gasteiger partial charge in [0, 0.05) is 18.1 Å². The number of anilines is 1. The highest BCUT2D eigenvalue weighted by molar-refractivity contribution is 9.10. The van der Waals surface area contributed by atoms with Crippen LogP contribution in [0, 0.1) is 11.2 Å². The van der Waals surface area contributed by atoms with Crippen LogP contribution in [0.25, 0.3) is 0 Å². The molecule has 92 valence electrons. The Morgan fingerprint density at radius 1 is 1.59 bits per heavy atom. The highest BCUT2D eigenvalue weighted by atomic mass is 79.9. The van der Waals surface area contributed by atoms with Gasteiger partial charge in [0.05, 0.1) is 11.1 Å². The minimum Gasteiger partial charge on any atom is -0.329 e. The first-order chi connectivity index (χ1) is 8.00. The fourth-order valence-electron chi connectivity index (χ4n) is 1.86. The largest absolute Gasteiger partial charge is 0.329 e. The Balaban J connectivity index is 2.28. The average Bonchev–Trinajstić information content (AvgIpc) is 3.11. The molecular weight excluding hydrogens is 287 g/mol. The number of rotatable bonds is 3. The first kappa shape index (κ1) is 12.5. The molecule has 0 unspecified atom stereocenters. The number of hydrogen-bond acceptors (Lipinski definition) is 2. The maximum absolute atomic E-state index is 13.6. The van der Waals surface area contributed by atoms with E-state index in [1.807, 2.05) is 0 Å². The third kappa shape index (κ3) is 2.21. The Labute approximate surface area is 108 Å². The zero-order chi connectivity index (χ0) is 12.6. The molecule has 1 aromatic carbocycles. The molecule has 0 aliphatic heterocycles. The van der Waals surface area contributed by atoms with Gasteiger partial charge in [0.15, 0.2) is 0 Å². The maximum atomic E-state index is 13.6. The molecule has 1 aliphatic rings. The molecule has 1 saturated carbocycles. The lowest BCUT2D eigenvalue weighted by Crippen LogP contribution is -2.38. The van der Waals surface area contributed by atoms with Crippen molar-refractivity contribution in [2.24, 2.45) is 11.1 Å². The zero-order valence-corrected chi connectivity index (χ0v) is 11.1. The van der Waals surface area contributed by atoms with E-state index < -0.39 is 11.2 Å². The molecular formula is C12H14BrFN2O. The number of carbonyl (C=O) groups excluding carboxylic acids is 1. The molecule has 0 saturated heterocycles. The van der Waals surface area contributed by atoms with Gasteiger partial charge in [0.1, 0.15) is 5.82 Å². The second kappa shape index (κ2) is 4.38. The van der Waals surface area contributed by atoms with Crippen molar-refractivity contribution >= 4 is 27.5 Å². The first-order valence-electron chi connectivity index (χ1n) is 5.43. The van der Waals surface area contributed by atoms with Crippen LogP contribution in [-0.2, 0) is 4.79 Å². The Kier molecular flexibility index (Phi) is 3.23. The summed E-state index contributed by atoms with van der Waals surface area (Å²) in [7, 11) is 1.59. The van der Waals surface area contributed by atoms with Gasteiger partial charge < -0.3 is 10.6 Å². The van der Waals surface area contributed by atoms with Crippen molar-refractivity contribution in [2.45, 2.75) is 12.8 Å². The van der Waals surface area contributed by atoms with Gasteiger partial charge in [0.2, 0.25) is 5.91 Å². The average molecular weight is 301 g/mol. The van der Waals surface area contributed by atoms with Crippen LogP contribution < -0.4 is 10.6 Å². The van der Waals surface area contributed by atoms with Crippen LogP contribution in [0.1, 0.15) is 12.8 Å². The van der Waals surface area contributed by atoms with Gasteiger partial charge in [-0.25, -0.2) is 4.39 Å². The van der Waals surface area contributed by atoms with Crippen LogP contribution in [0.3, 0.4) is 0 Å². The van der Waals surface area contributed by atoms with Crippen molar-refractivity contribution < 1.29 is 9.18 Å². The maximum Gasteiger partial charge on any atom is 0.234 e. The Morgan fingerprint density at radius 3 is 2.76 bits per heavy atom. The summed E-state index contributed by atoms with van der Waals surface area (Å²) in [6, 6.07) is 4.54. The van der Waals surface area contributed by atoms with E-state index in [0.29, 0.717) is 6.54 Å². The van der Waals surface area contributed by atoms with Crippen LogP contribution >= 0.6 is 15.9 Å². The summed E-state index contributed by atoms with van der Waals surface area (Å²) in [5, 5.41) is 0. The highest BCUT2D eigenvalue weighted by Gasteiger charge is 2.50. The highest BCUT2D eigenvalue weighted by Crippen LogP contribution is 2.46. The molecule has 0 atom stereocenters. The number of hydrogen-bond donors (Lipinski definition) is 1. The number of nitrogens with zero attached hydrogens (tertiary/aromatic N) is 1. The van der Waals surface area contributed by atoms with E-state index in [-0.39, 0.29) is 11.6 Å². The number of halogens is 2. The molecule has 1 aromatic rings. The van der Waals surface area contributed by atoms with E-state index in [4.69, 9.17) is 5.73 Å². The predicted octanol–water partition coefficient (Wildman–Crippen LogP) is 2.29. The summed E-state index contributed by atoms with van der Waals surface area (Å²) in [5.41, 5.74) is 5.43. The summed E-state index contributed by atoms with van der Waals surface area (Å²) >= 11 is 3.27. The van der Waals surface area contributed by atoms with E-state index in [1.165, 1.54) is 11.0 Å². The molecule has 5 heteroatoms. The van der Waals surface area contributed by atoms with Gasteiger partial charge in [-0.3, -0.25) is 4.79 Å².